The van der Waals surface area contributed by atoms with E-state index in [-0.39, 0.29) is 5.56 Å². The van der Waals surface area contributed by atoms with Crippen LogP contribution in [0.5, 0.6) is 0 Å². The molecule has 5 aromatic rings. The molecular weight excluding hydrogens is 472 g/mol. The number of aliphatic hydroxyl groups is 1. The zero-order valence-electron chi connectivity index (χ0n) is 19.5. The van der Waals surface area contributed by atoms with Gasteiger partial charge in [-0.25, -0.2) is 8.78 Å². The first kappa shape index (κ1) is 22.8. The van der Waals surface area contributed by atoms with E-state index in [4.69, 9.17) is 0 Å². The van der Waals surface area contributed by atoms with Gasteiger partial charge in [-0.05, 0) is 41.5 Å². The lowest BCUT2D eigenvalue weighted by atomic mass is 9.84. The van der Waals surface area contributed by atoms with Crippen LogP contribution in [0.2, 0.25) is 0 Å². The Hall–Kier alpha value is -4.62. The number of amides is 1. The predicted octanol–water partition coefficient (Wildman–Crippen LogP) is 5.80. The number of halogens is 2. The summed E-state index contributed by atoms with van der Waals surface area (Å²) in [7, 11) is 0. The number of hydrogen-bond acceptors (Lipinski definition) is 3. The highest BCUT2D eigenvalue weighted by Crippen LogP contribution is 2.41. The van der Waals surface area contributed by atoms with Crippen LogP contribution in [0.25, 0.3) is 22.5 Å². The Morgan fingerprint density at radius 2 is 1.65 bits per heavy atom. The molecule has 0 bridgehead atoms. The van der Waals surface area contributed by atoms with Gasteiger partial charge in [0, 0.05) is 34.4 Å². The second-order valence-electron chi connectivity index (χ2n) is 8.99. The number of hydrogen-bond donors (Lipinski definition) is 3. The summed E-state index contributed by atoms with van der Waals surface area (Å²) < 4.78 is 29.1. The zero-order chi connectivity index (χ0) is 25.6. The number of carbonyl (C=O) groups excluding carboxylic acids is 1. The molecule has 5 nitrogen and oxygen atoms in total. The highest BCUT2D eigenvalue weighted by molar-refractivity contribution is 6.00. The molecule has 1 amide bonds. The summed E-state index contributed by atoms with van der Waals surface area (Å²) >= 11 is 0. The molecule has 1 unspecified atom stereocenters. The van der Waals surface area contributed by atoms with E-state index in [0.29, 0.717) is 5.69 Å². The first-order chi connectivity index (χ1) is 17.9. The topological polar surface area (TPSA) is 78.0 Å². The third kappa shape index (κ3) is 3.80. The Labute approximate surface area is 211 Å². The Morgan fingerprint density at radius 1 is 0.919 bits per heavy atom. The minimum Gasteiger partial charge on any atom is -0.372 e. The van der Waals surface area contributed by atoms with Crippen molar-refractivity contribution in [2.75, 3.05) is 5.32 Å². The van der Waals surface area contributed by atoms with E-state index in [1.54, 1.807) is 42.5 Å². The van der Waals surface area contributed by atoms with Crippen molar-refractivity contribution in [3.8, 4) is 22.5 Å². The molecule has 37 heavy (non-hydrogen) atoms. The Morgan fingerprint density at radius 3 is 2.43 bits per heavy atom. The number of carbonyl (C=O) groups is 1. The van der Waals surface area contributed by atoms with Gasteiger partial charge in [0.15, 0.2) is 5.60 Å². The Kier molecular flexibility index (Phi) is 5.43. The lowest BCUT2D eigenvalue weighted by Crippen LogP contribution is -2.42. The van der Waals surface area contributed by atoms with Crippen LogP contribution >= 0.6 is 0 Å². The van der Waals surface area contributed by atoms with Crippen LogP contribution in [0.4, 0.5) is 14.5 Å². The van der Waals surface area contributed by atoms with Gasteiger partial charge >= 0.3 is 0 Å². The molecule has 1 aliphatic carbocycles. The van der Waals surface area contributed by atoms with Crippen molar-refractivity contribution < 1.29 is 18.7 Å². The second-order valence-corrected chi connectivity index (χ2v) is 8.99. The maximum Gasteiger partial charge on any atom is 0.265 e. The quantitative estimate of drug-likeness (QED) is 0.284. The molecule has 0 saturated heterocycles. The highest BCUT2D eigenvalue weighted by Gasteiger charge is 2.42. The summed E-state index contributed by atoms with van der Waals surface area (Å²) in [5.74, 6) is -2.59. The van der Waals surface area contributed by atoms with E-state index in [2.05, 4.69) is 21.6 Å². The summed E-state index contributed by atoms with van der Waals surface area (Å²) in [5.41, 5.74) is 3.38. The van der Waals surface area contributed by atoms with Crippen molar-refractivity contribution in [3.05, 3.63) is 131 Å². The van der Waals surface area contributed by atoms with Gasteiger partial charge in [-0.2, -0.15) is 5.10 Å². The Balaban J connectivity index is 1.40. The summed E-state index contributed by atoms with van der Waals surface area (Å²) in [4.78, 5) is 13.4. The first-order valence-electron chi connectivity index (χ1n) is 11.8. The molecule has 0 aliphatic heterocycles. The maximum atomic E-state index is 14.9. The smallest absolute Gasteiger partial charge is 0.265 e. The van der Waals surface area contributed by atoms with Gasteiger partial charge in [0.05, 0.1) is 11.4 Å². The molecule has 7 heteroatoms. The largest absolute Gasteiger partial charge is 0.372 e. The molecule has 182 valence electrons. The van der Waals surface area contributed by atoms with Crippen LogP contribution in [0.15, 0.2) is 97.1 Å². The second kappa shape index (κ2) is 8.80. The van der Waals surface area contributed by atoms with Crippen LogP contribution in [-0.2, 0) is 16.8 Å². The van der Waals surface area contributed by atoms with E-state index >= 15 is 0 Å². The number of anilines is 1. The summed E-state index contributed by atoms with van der Waals surface area (Å²) in [5, 5.41) is 22.0. The fourth-order valence-corrected chi connectivity index (χ4v) is 4.90. The number of nitrogens with zero attached hydrogens (tertiary/aromatic N) is 1. The fraction of sp³-hybridized carbons (Fsp3) is 0.0667. The Bertz CT molecular complexity index is 1630. The number of para-hydroxylation sites is 1. The molecule has 1 atom stereocenters. The molecule has 0 fully saturated rings. The molecule has 3 N–H and O–H groups in total. The lowest BCUT2D eigenvalue weighted by Gasteiger charge is -2.28. The molecule has 4 aromatic carbocycles. The number of H-pyrrole nitrogens is 1. The van der Waals surface area contributed by atoms with E-state index in [1.165, 1.54) is 17.7 Å². The van der Waals surface area contributed by atoms with E-state index in [0.717, 1.165) is 52.7 Å². The molecule has 0 radical (unpaired) electrons. The van der Waals surface area contributed by atoms with Crippen molar-refractivity contribution in [2.45, 2.75) is 12.0 Å². The number of nitrogens with one attached hydrogen (secondary N) is 2. The SMILES string of the molecule is O=C(Nc1ccccc1)C(O)(c1ccc(-c2n[nH]c3c2Cc2ccccc2-3)cc1)c1cc(F)ccc1F. The summed E-state index contributed by atoms with van der Waals surface area (Å²) in [6, 6.07) is 25.8. The lowest BCUT2D eigenvalue weighted by molar-refractivity contribution is -0.131. The number of aromatic amines is 1. The van der Waals surface area contributed by atoms with Crippen LogP contribution in [-0.4, -0.2) is 21.2 Å². The normalized spacial score (nSPS) is 13.5. The van der Waals surface area contributed by atoms with Crippen LogP contribution in [0.1, 0.15) is 22.3 Å². The van der Waals surface area contributed by atoms with Crippen LogP contribution < -0.4 is 5.32 Å². The van der Waals surface area contributed by atoms with Crippen molar-refractivity contribution in [1.82, 2.24) is 10.2 Å². The molecule has 6 rings (SSSR count). The fourth-order valence-electron chi connectivity index (χ4n) is 4.90. The van der Waals surface area contributed by atoms with Gasteiger partial charge in [0.2, 0.25) is 0 Å². The van der Waals surface area contributed by atoms with Crippen LogP contribution in [0, 0.1) is 11.6 Å². The third-order valence-corrected chi connectivity index (χ3v) is 6.78. The summed E-state index contributed by atoms with van der Waals surface area (Å²) in [6.07, 6.45) is 0.733. The van der Waals surface area contributed by atoms with Crippen molar-refractivity contribution in [2.24, 2.45) is 0 Å². The minimum absolute atomic E-state index is 0.0876. The summed E-state index contributed by atoms with van der Waals surface area (Å²) in [6.45, 7) is 0. The minimum atomic E-state index is -2.50. The zero-order valence-corrected chi connectivity index (χ0v) is 19.5. The monoisotopic (exact) mass is 493 g/mol. The van der Waals surface area contributed by atoms with Crippen molar-refractivity contribution >= 4 is 11.6 Å². The number of fused-ring (bicyclic) bond motifs is 3. The van der Waals surface area contributed by atoms with Gasteiger partial charge in [-0.15, -0.1) is 0 Å². The van der Waals surface area contributed by atoms with Gasteiger partial charge in [0.1, 0.15) is 11.6 Å². The van der Waals surface area contributed by atoms with Crippen molar-refractivity contribution in [3.63, 3.8) is 0 Å². The number of aromatic nitrogens is 2. The molecule has 0 saturated carbocycles. The van der Waals surface area contributed by atoms with Gasteiger partial charge < -0.3 is 10.4 Å². The molecule has 0 spiro atoms. The van der Waals surface area contributed by atoms with Gasteiger partial charge in [-0.3, -0.25) is 9.89 Å². The molecule has 1 aromatic heterocycles. The van der Waals surface area contributed by atoms with Gasteiger partial charge in [0.25, 0.3) is 5.91 Å². The van der Waals surface area contributed by atoms with Crippen LogP contribution in [0.3, 0.4) is 0 Å². The number of benzene rings is 4. The van der Waals surface area contributed by atoms with Crippen molar-refractivity contribution in [1.29, 1.82) is 0 Å². The van der Waals surface area contributed by atoms with E-state index in [9.17, 15) is 18.7 Å². The average Bonchev–Trinajstić information content (AvgIpc) is 3.50. The van der Waals surface area contributed by atoms with Gasteiger partial charge in [-0.1, -0.05) is 66.7 Å². The molecular formula is C30H21F2N3O2. The first-order valence-corrected chi connectivity index (χ1v) is 11.8. The maximum absolute atomic E-state index is 14.9. The highest BCUT2D eigenvalue weighted by atomic mass is 19.1. The standard InChI is InChI=1S/C30H21F2N3O2/c31-21-14-15-26(32)25(17-21)30(37,29(36)33-22-7-2-1-3-8-22)20-12-10-18(11-13-20)27-24-16-19-6-4-5-9-23(19)28(24)35-34-27/h1-15,17,37H,16H2,(H,33,36)(H,34,35). The molecule has 1 heterocycles. The third-order valence-electron chi connectivity index (χ3n) is 6.78. The average molecular weight is 494 g/mol. The predicted molar refractivity (Wildman–Crippen MR) is 137 cm³/mol. The van der Waals surface area contributed by atoms with E-state index < -0.39 is 28.7 Å². The van der Waals surface area contributed by atoms with E-state index in [1.807, 2.05) is 18.2 Å². The number of rotatable bonds is 5. The molecule has 1 aliphatic rings.